The van der Waals surface area contributed by atoms with E-state index in [1.807, 2.05) is 6.92 Å². The average Bonchev–Trinajstić information content (AvgIpc) is 2.85. The fourth-order valence-corrected chi connectivity index (χ4v) is 3.01. The summed E-state index contributed by atoms with van der Waals surface area (Å²) in [5, 5.41) is 10.4. The number of aryl methyl sites for hydroxylation is 2. The van der Waals surface area contributed by atoms with Crippen molar-refractivity contribution < 1.29 is 9.26 Å². The molecule has 0 unspecified atom stereocenters. The van der Waals surface area contributed by atoms with Crippen LogP contribution in [0.15, 0.2) is 9.52 Å². The second kappa shape index (κ2) is 14.2. The first kappa shape index (κ1) is 23.1. The van der Waals surface area contributed by atoms with Gasteiger partial charge in [-0.25, -0.2) is 0 Å². The minimum Gasteiger partial charge on any atom is -0.376 e. The molecule has 1 aromatic rings. The van der Waals surface area contributed by atoms with E-state index in [1.54, 1.807) is 0 Å². The Morgan fingerprint density at radius 1 is 1.23 bits per heavy atom. The van der Waals surface area contributed by atoms with Gasteiger partial charge < -0.3 is 19.9 Å². The SMILES string of the molecule is CCNC(=NCCCc1nc(C)no1)NCCOC1CCCCCC1.I. The van der Waals surface area contributed by atoms with E-state index in [4.69, 9.17) is 9.26 Å². The Bertz CT molecular complexity index is 502. The van der Waals surface area contributed by atoms with Crippen LogP contribution >= 0.6 is 24.0 Å². The van der Waals surface area contributed by atoms with Crippen molar-refractivity contribution in [3.63, 3.8) is 0 Å². The van der Waals surface area contributed by atoms with Crippen LogP contribution in [0.1, 0.15) is 63.6 Å². The van der Waals surface area contributed by atoms with Crippen LogP contribution in [0.25, 0.3) is 0 Å². The third-order valence-corrected chi connectivity index (χ3v) is 4.28. The fraction of sp³-hybridized carbons (Fsp3) is 0.833. The molecule has 0 spiro atoms. The van der Waals surface area contributed by atoms with E-state index in [9.17, 15) is 0 Å². The summed E-state index contributed by atoms with van der Waals surface area (Å²) in [6.07, 6.45) is 9.85. The number of halogens is 1. The fourth-order valence-electron chi connectivity index (χ4n) is 3.01. The van der Waals surface area contributed by atoms with Crippen molar-refractivity contribution in [3.05, 3.63) is 11.7 Å². The molecule has 26 heavy (non-hydrogen) atoms. The van der Waals surface area contributed by atoms with Gasteiger partial charge in [-0.15, -0.1) is 24.0 Å². The van der Waals surface area contributed by atoms with Crippen LogP contribution in [0.5, 0.6) is 0 Å². The topological polar surface area (TPSA) is 84.6 Å². The number of nitrogens with one attached hydrogen (secondary N) is 2. The monoisotopic (exact) mass is 479 g/mol. The van der Waals surface area contributed by atoms with Crippen LogP contribution in [0, 0.1) is 6.92 Å². The summed E-state index contributed by atoms with van der Waals surface area (Å²) in [5.41, 5.74) is 0. The van der Waals surface area contributed by atoms with E-state index in [0.717, 1.165) is 45.0 Å². The Labute approximate surface area is 174 Å². The van der Waals surface area contributed by atoms with Crippen molar-refractivity contribution in [1.29, 1.82) is 0 Å². The highest BCUT2D eigenvalue weighted by molar-refractivity contribution is 14.0. The molecule has 2 N–H and O–H groups in total. The summed E-state index contributed by atoms with van der Waals surface area (Å²) in [6.45, 7) is 6.98. The molecule has 1 aromatic heterocycles. The maximum Gasteiger partial charge on any atom is 0.226 e. The molecule has 150 valence electrons. The molecule has 0 atom stereocenters. The quantitative estimate of drug-likeness (QED) is 0.186. The second-order valence-electron chi connectivity index (χ2n) is 6.51. The van der Waals surface area contributed by atoms with E-state index in [0.29, 0.717) is 17.8 Å². The van der Waals surface area contributed by atoms with Crippen molar-refractivity contribution in [2.24, 2.45) is 4.99 Å². The number of guanidine groups is 1. The molecule has 1 heterocycles. The maximum absolute atomic E-state index is 6.00. The van der Waals surface area contributed by atoms with E-state index in [-0.39, 0.29) is 24.0 Å². The molecule has 1 fully saturated rings. The molecular formula is C18H34IN5O2. The zero-order valence-corrected chi connectivity index (χ0v) is 18.5. The molecule has 0 aromatic carbocycles. The first-order valence-corrected chi connectivity index (χ1v) is 9.71. The van der Waals surface area contributed by atoms with Crippen molar-refractivity contribution >= 4 is 29.9 Å². The summed E-state index contributed by atoms with van der Waals surface area (Å²) in [5.74, 6) is 2.21. The van der Waals surface area contributed by atoms with Crippen LogP contribution in [-0.4, -0.2) is 48.4 Å². The highest BCUT2D eigenvalue weighted by atomic mass is 127. The molecule has 7 nitrogen and oxygen atoms in total. The standard InChI is InChI=1S/C18H33N5O2.HI/c1-3-19-18(20-12-8-11-17-22-15(2)23-25-17)21-13-14-24-16-9-6-4-5-7-10-16;/h16H,3-14H2,1-2H3,(H2,19,20,21);1H. The first-order chi connectivity index (χ1) is 12.3. The number of ether oxygens (including phenoxy) is 1. The lowest BCUT2D eigenvalue weighted by atomic mass is 10.1. The molecule has 1 saturated carbocycles. The Balaban J connectivity index is 0.00000338. The molecule has 1 aliphatic rings. The number of aliphatic imine (C=N–C) groups is 1. The Kier molecular flexibility index (Phi) is 12.6. The number of hydrogen-bond acceptors (Lipinski definition) is 5. The summed E-state index contributed by atoms with van der Waals surface area (Å²) in [4.78, 5) is 8.79. The van der Waals surface area contributed by atoms with Crippen LogP contribution in [0.4, 0.5) is 0 Å². The van der Waals surface area contributed by atoms with Gasteiger partial charge in [0.1, 0.15) is 0 Å². The van der Waals surface area contributed by atoms with Crippen molar-refractivity contribution in [2.75, 3.05) is 26.2 Å². The molecule has 0 amide bonds. The average molecular weight is 479 g/mol. The lowest BCUT2D eigenvalue weighted by Crippen LogP contribution is -2.39. The summed E-state index contributed by atoms with van der Waals surface area (Å²) < 4.78 is 11.1. The second-order valence-corrected chi connectivity index (χ2v) is 6.51. The minimum absolute atomic E-state index is 0. The van der Waals surface area contributed by atoms with Crippen LogP contribution in [0.3, 0.4) is 0 Å². The predicted octanol–water partition coefficient (Wildman–Crippen LogP) is 3.22. The largest absolute Gasteiger partial charge is 0.376 e. The summed E-state index contributed by atoms with van der Waals surface area (Å²) in [7, 11) is 0. The van der Waals surface area contributed by atoms with E-state index in [1.165, 1.54) is 38.5 Å². The Morgan fingerprint density at radius 2 is 2.00 bits per heavy atom. The van der Waals surface area contributed by atoms with Gasteiger partial charge in [-0.1, -0.05) is 30.8 Å². The first-order valence-electron chi connectivity index (χ1n) is 9.71. The molecule has 0 radical (unpaired) electrons. The smallest absolute Gasteiger partial charge is 0.226 e. The zero-order valence-electron chi connectivity index (χ0n) is 16.1. The molecule has 0 aliphatic heterocycles. The zero-order chi connectivity index (χ0) is 17.7. The lowest BCUT2D eigenvalue weighted by Gasteiger charge is -2.16. The van der Waals surface area contributed by atoms with E-state index in [2.05, 4.69) is 32.7 Å². The van der Waals surface area contributed by atoms with Crippen molar-refractivity contribution in [1.82, 2.24) is 20.8 Å². The predicted molar refractivity (Wildman–Crippen MR) is 114 cm³/mol. The van der Waals surface area contributed by atoms with Crippen molar-refractivity contribution in [2.45, 2.75) is 71.3 Å². The van der Waals surface area contributed by atoms with Gasteiger partial charge in [0, 0.05) is 26.1 Å². The van der Waals surface area contributed by atoms with Gasteiger partial charge in [0.15, 0.2) is 11.8 Å². The molecule has 1 aliphatic carbocycles. The van der Waals surface area contributed by atoms with Crippen LogP contribution in [0.2, 0.25) is 0 Å². The Hall–Kier alpha value is -0.900. The minimum atomic E-state index is 0. The molecule has 2 rings (SSSR count). The van der Waals surface area contributed by atoms with Crippen LogP contribution in [-0.2, 0) is 11.2 Å². The molecule has 8 heteroatoms. The van der Waals surface area contributed by atoms with Gasteiger partial charge >= 0.3 is 0 Å². The third-order valence-electron chi connectivity index (χ3n) is 4.28. The van der Waals surface area contributed by atoms with Gasteiger partial charge in [0.2, 0.25) is 5.89 Å². The number of nitrogens with zero attached hydrogens (tertiary/aromatic N) is 3. The van der Waals surface area contributed by atoms with E-state index >= 15 is 0 Å². The Morgan fingerprint density at radius 3 is 2.65 bits per heavy atom. The van der Waals surface area contributed by atoms with Gasteiger partial charge in [-0.05, 0) is 33.1 Å². The normalized spacial score (nSPS) is 16.0. The lowest BCUT2D eigenvalue weighted by molar-refractivity contribution is 0.0468. The van der Waals surface area contributed by atoms with Gasteiger partial charge in [0.05, 0.1) is 12.7 Å². The molecular weight excluding hydrogens is 445 g/mol. The molecule has 0 bridgehead atoms. The summed E-state index contributed by atoms with van der Waals surface area (Å²) >= 11 is 0. The van der Waals surface area contributed by atoms with Gasteiger partial charge in [0.25, 0.3) is 0 Å². The van der Waals surface area contributed by atoms with Gasteiger partial charge in [-0.2, -0.15) is 4.98 Å². The maximum atomic E-state index is 6.00. The third kappa shape index (κ3) is 9.70. The highest BCUT2D eigenvalue weighted by Gasteiger charge is 2.12. The highest BCUT2D eigenvalue weighted by Crippen LogP contribution is 2.19. The number of aromatic nitrogens is 2. The van der Waals surface area contributed by atoms with Crippen LogP contribution < -0.4 is 10.6 Å². The van der Waals surface area contributed by atoms with E-state index < -0.39 is 0 Å². The number of hydrogen-bond donors (Lipinski definition) is 2. The van der Waals surface area contributed by atoms with Gasteiger partial charge in [-0.3, -0.25) is 4.99 Å². The summed E-state index contributed by atoms with van der Waals surface area (Å²) in [6, 6.07) is 0. The molecule has 0 saturated heterocycles. The van der Waals surface area contributed by atoms with Crippen molar-refractivity contribution in [3.8, 4) is 0 Å². The number of rotatable bonds is 9.